The molecule has 0 aliphatic heterocycles. The monoisotopic (exact) mass is 195 g/mol. The van der Waals surface area contributed by atoms with E-state index < -0.39 is 0 Å². The Morgan fingerprint density at radius 1 is 1.45 bits per heavy atom. The van der Waals surface area contributed by atoms with Crippen molar-refractivity contribution in [3.63, 3.8) is 0 Å². The van der Waals surface area contributed by atoms with Crippen LogP contribution in [0, 0.1) is 6.42 Å². The molecule has 0 atom stereocenters. The van der Waals surface area contributed by atoms with E-state index in [0.717, 1.165) is 12.4 Å². The molecule has 0 bridgehead atoms. The van der Waals surface area contributed by atoms with Crippen LogP contribution in [0.25, 0.3) is 0 Å². The standard InChI is InChI=1S/C6H12NO.C2H6.V/c1-4-5-7-6(2)8-3;1-2;/h4H,5H2,1-3H3;1-2H3;/q-1;;. The minimum Gasteiger partial charge on any atom is -0.485 e. The van der Waals surface area contributed by atoms with Crippen LogP contribution in [0.5, 0.6) is 0 Å². The fraction of sp³-hybridized carbons (Fsp3) is 0.750. The first-order valence-electron chi connectivity index (χ1n) is 3.64. The van der Waals surface area contributed by atoms with Gasteiger partial charge in [-0.2, -0.15) is 6.92 Å². The molecule has 0 N–H and O–H groups in total. The summed E-state index contributed by atoms with van der Waals surface area (Å²) < 4.78 is 4.78. The first kappa shape index (κ1) is 17.2. The van der Waals surface area contributed by atoms with E-state index in [2.05, 4.69) is 4.99 Å². The molecule has 0 fully saturated rings. The van der Waals surface area contributed by atoms with E-state index in [4.69, 9.17) is 4.74 Å². The van der Waals surface area contributed by atoms with Gasteiger partial charge in [0, 0.05) is 25.5 Å². The Bertz CT molecular complexity index is 84.2. The van der Waals surface area contributed by atoms with Crippen LogP contribution < -0.4 is 0 Å². The topological polar surface area (TPSA) is 21.6 Å². The minimum absolute atomic E-state index is 0. The Morgan fingerprint density at radius 3 is 2.18 bits per heavy atom. The van der Waals surface area contributed by atoms with Crippen molar-refractivity contribution in [1.82, 2.24) is 0 Å². The number of aliphatic imine (C=N–C) groups is 1. The average molecular weight is 195 g/mol. The summed E-state index contributed by atoms with van der Waals surface area (Å²) in [5.74, 6) is 0.739. The number of ether oxygens (including phenoxy) is 1. The van der Waals surface area contributed by atoms with Gasteiger partial charge in [-0.15, -0.1) is 0 Å². The van der Waals surface area contributed by atoms with E-state index in [0.29, 0.717) is 0 Å². The second-order valence-corrected chi connectivity index (χ2v) is 1.47. The summed E-state index contributed by atoms with van der Waals surface area (Å²) in [5.41, 5.74) is 0. The molecule has 0 saturated heterocycles. The summed E-state index contributed by atoms with van der Waals surface area (Å²) in [6.07, 6.45) is 1.97. The largest absolute Gasteiger partial charge is 0.485 e. The van der Waals surface area contributed by atoms with Gasteiger partial charge >= 0.3 is 0 Å². The van der Waals surface area contributed by atoms with Crippen LogP contribution in [0.15, 0.2) is 4.99 Å². The Kier molecular flexibility index (Phi) is 25.9. The molecule has 0 unspecified atom stereocenters. The van der Waals surface area contributed by atoms with Crippen LogP contribution in [-0.4, -0.2) is 19.6 Å². The number of rotatable bonds is 2. The molecule has 1 radical (unpaired) electrons. The average Bonchev–Trinajstić information content (AvgIpc) is 2.04. The van der Waals surface area contributed by atoms with Crippen molar-refractivity contribution in [2.45, 2.75) is 27.7 Å². The number of hydrogen-bond acceptors (Lipinski definition) is 2. The fourth-order valence-corrected chi connectivity index (χ4v) is 0.284. The van der Waals surface area contributed by atoms with E-state index in [9.17, 15) is 0 Å². The van der Waals surface area contributed by atoms with E-state index in [-0.39, 0.29) is 18.6 Å². The number of nitrogens with zero attached hydrogens (tertiary/aromatic N) is 1. The summed E-state index contributed by atoms with van der Waals surface area (Å²) in [5, 5.41) is 0. The normalized spacial score (nSPS) is 9.00. The van der Waals surface area contributed by atoms with Crippen molar-refractivity contribution >= 4 is 5.90 Å². The maximum Gasteiger partial charge on any atom is 0.177 e. The maximum atomic E-state index is 4.78. The summed E-state index contributed by atoms with van der Waals surface area (Å²) in [4.78, 5) is 4.00. The molecule has 3 heteroatoms. The molecule has 0 rings (SSSR count). The second kappa shape index (κ2) is 16.6. The molecule has 0 spiro atoms. The molecular weight excluding hydrogens is 177 g/mol. The Hall–Kier alpha value is 0.0544. The van der Waals surface area contributed by atoms with Crippen LogP contribution in [-0.2, 0) is 23.3 Å². The van der Waals surface area contributed by atoms with Crippen LogP contribution in [0.2, 0.25) is 0 Å². The fourth-order valence-electron chi connectivity index (χ4n) is 0.284. The third-order valence-electron chi connectivity index (χ3n) is 0.792. The second-order valence-electron chi connectivity index (χ2n) is 1.47. The van der Waals surface area contributed by atoms with Crippen molar-refractivity contribution in [3.8, 4) is 0 Å². The van der Waals surface area contributed by atoms with Crippen LogP contribution in [0.4, 0.5) is 0 Å². The van der Waals surface area contributed by atoms with Crippen molar-refractivity contribution in [3.05, 3.63) is 6.42 Å². The molecule has 0 saturated carbocycles. The third kappa shape index (κ3) is 17.8. The summed E-state index contributed by atoms with van der Waals surface area (Å²) in [6.45, 7) is 8.55. The van der Waals surface area contributed by atoms with Gasteiger partial charge in [0.15, 0.2) is 5.90 Å². The Morgan fingerprint density at radius 2 is 1.91 bits per heavy atom. The Labute approximate surface area is 82.3 Å². The predicted molar refractivity (Wildman–Crippen MR) is 46.3 cm³/mol. The summed E-state index contributed by atoms with van der Waals surface area (Å²) in [7, 11) is 1.62. The van der Waals surface area contributed by atoms with Gasteiger partial charge in [0.2, 0.25) is 0 Å². The maximum absolute atomic E-state index is 4.78. The minimum atomic E-state index is 0. The van der Waals surface area contributed by atoms with Gasteiger partial charge in [-0.05, 0) is 0 Å². The van der Waals surface area contributed by atoms with Crippen molar-refractivity contribution < 1.29 is 23.3 Å². The molecular formula is C8H18NOV-. The van der Waals surface area contributed by atoms with Crippen molar-refractivity contribution in [1.29, 1.82) is 0 Å². The smallest absolute Gasteiger partial charge is 0.177 e. The van der Waals surface area contributed by atoms with Crippen LogP contribution >= 0.6 is 0 Å². The molecule has 2 nitrogen and oxygen atoms in total. The zero-order valence-electron chi connectivity index (χ0n) is 8.09. The SMILES string of the molecule is CC.C[CH-]CN=C(C)OC.[V]. The molecule has 0 aliphatic carbocycles. The zero-order chi connectivity index (χ0) is 8.41. The van der Waals surface area contributed by atoms with Gasteiger partial charge in [0.05, 0.1) is 7.11 Å². The molecule has 0 aliphatic rings. The van der Waals surface area contributed by atoms with E-state index >= 15 is 0 Å². The van der Waals surface area contributed by atoms with Gasteiger partial charge in [0.1, 0.15) is 0 Å². The summed E-state index contributed by atoms with van der Waals surface area (Å²) >= 11 is 0. The predicted octanol–water partition coefficient (Wildman–Crippen LogP) is 2.30. The van der Waals surface area contributed by atoms with Crippen molar-refractivity contribution in [2.24, 2.45) is 4.99 Å². The molecule has 0 amide bonds. The molecule has 0 aromatic carbocycles. The first-order chi connectivity index (χ1) is 4.81. The van der Waals surface area contributed by atoms with Gasteiger partial charge in [-0.3, -0.25) is 4.99 Å². The van der Waals surface area contributed by atoms with Gasteiger partial charge in [-0.1, -0.05) is 20.4 Å². The molecule has 67 valence electrons. The van der Waals surface area contributed by atoms with Crippen LogP contribution in [0.3, 0.4) is 0 Å². The quantitative estimate of drug-likeness (QED) is 0.376. The summed E-state index contributed by atoms with van der Waals surface area (Å²) in [6, 6.07) is 0. The third-order valence-corrected chi connectivity index (χ3v) is 0.792. The Balaban J connectivity index is -0.000000196. The van der Waals surface area contributed by atoms with Crippen LogP contribution in [0.1, 0.15) is 27.7 Å². The number of methoxy groups -OCH3 is 1. The van der Waals surface area contributed by atoms with Gasteiger partial charge in [-0.25, -0.2) is 0 Å². The molecule has 0 aromatic heterocycles. The van der Waals surface area contributed by atoms with Gasteiger partial charge in [0.25, 0.3) is 0 Å². The first-order valence-corrected chi connectivity index (χ1v) is 3.64. The van der Waals surface area contributed by atoms with E-state index in [1.807, 2.05) is 34.1 Å². The molecule has 0 aromatic rings. The molecule has 0 heterocycles. The number of hydrogen-bond donors (Lipinski definition) is 0. The van der Waals surface area contributed by atoms with Crippen molar-refractivity contribution in [2.75, 3.05) is 13.7 Å². The van der Waals surface area contributed by atoms with Gasteiger partial charge < -0.3 is 11.2 Å². The zero-order valence-corrected chi connectivity index (χ0v) is 9.48. The van der Waals surface area contributed by atoms with E-state index in [1.165, 1.54) is 0 Å². The van der Waals surface area contributed by atoms with E-state index in [1.54, 1.807) is 7.11 Å². The molecule has 11 heavy (non-hydrogen) atoms.